The molecule has 0 unspecified atom stereocenters. The number of methoxy groups -OCH3 is 1. The minimum Gasteiger partial charge on any atom is -0.491 e. The molecule has 1 heterocycles. The third-order valence-electron chi connectivity index (χ3n) is 3.33. The van der Waals surface area contributed by atoms with E-state index in [1.807, 2.05) is 19.0 Å². The summed E-state index contributed by atoms with van der Waals surface area (Å²) in [6.07, 6.45) is 0. The molecular formula is C13H17F2N3O2. The maximum atomic E-state index is 13.5. The molecule has 1 fully saturated rings. The summed E-state index contributed by atoms with van der Waals surface area (Å²) in [6, 6.07) is 2.02. The van der Waals surface area contributed by atoms with Gasteiger partial charge in [-0.15, -0.1) is 0 Å². The van der Waals surface area contributed by atoms with E-state index in [0.717, 1.165) is 12.1 Å². The van der Waals surface area contributed by atoms with Gasteiger partial charge in [-0.3, -0.25) is 0 Å². The Hall–Kier alpha value is -1.89. The van der Waals surface area contributed by atoms with Crippen molar-refractivity contribution in [1.29, 1.82) is 0 Å². The number of hydrogen-bond acceptors (Lipinski definition) is 3. The van der Waals surface area contributed by atoms with Gasteiger partial charge in [-0.05, 0) is 14.1 Å². The van der Waals surface area contributed by atoms with Gasteiger partial charge in [0.15, 0.2) is 17.4 Å². The predicted molar refractivity (Wildman–Crippen MR) is 71.0 cm³/mol. The smallest absolute Gasteiger partial charge is 0.321 e. The number of halogens is 2. The molecular weight excluding hydrogens is 268 g/mol. The molecule has 5 nitrogen and oxygen atoms in total. The normalized spacial score (nSPS) is 15.2. The number of nitrogens with one attached hydrogen (secondary N) is 1. The second kappa shape index (κ2) is 5.62. The number of carbonyl (C=O) groups is 1. The lowest BCUT2D eigenvalue weighted by atomic mass is 10.1. The number of carbonyl (C=O) groups excluding carboxylic acids is 1. The topological polar surface area (TPSA) is 44.8 Å². The van der Waals surface area contributed by atoms with Gasteiger partial charge in [-0.2, -0.15) is 0 Å². The number of anilines is 1. The summed E-state index contributed by atoms with van der Waals surface area (Å²) in [4.78, 5) is 15.5. The first-order valence-electron chi connectivity index (χ1n) is 6.17. The summed E-state index contributed by atoms with van der Waals surface area (Å²) in [6.45, 7) is 1.19. The highest BCUT2D eigenvalue weighted by Crippen LogP contribution is 2.25. The first kappa shape index (κ1) is 14.5. The van der Waals surface area contributed by atoms with E-state index in [1.54, 1.807) is 4.90 Å². The van der Waals surface area contributed by atoms with Crippen LogP contribution in [0.5, 0.6) is 5.75 Å². The van der Waals surface area contributed by atoms with E-state index in [4.69, 9.17) is 0 Å². The van der Waals surface area contributed by atoms with Gasteiger partial charge in [-0.1, -0.05) is 0 Å². The maximum absolute atomic E-state index is 13.5. The average molecular weight is 285 g/mol. The SMILES string of the molecule is COc1c(F)cc(NC(=O)N2CC(N(C)C)C2)cc1F. The lowest BCUT2D eigenvalue weighted by Gasteiger charge is -2.42. The molecule has 1 aliphatic heterocycles. The number of likely N-dealkylation sites (N-methyl/N-ethyl adjacent to an activating group) is 1. The number of likely N-dealkylation sites (tertiary alicyclic amines) is 1. The van der Waals surface area contributed by atoms with Crippen molar-refractivity contribution in [2.45, 2.75) is 6.04 Å². The molecule has 20 heavy (non-hydrogen) atoms. The first-order valence-corrected chi connectivity index (χ1v) is 6.17. The number of benzene rings is 1. The van der Waals surface area contributed by atoms with Crippen LogP contribution in [0.4, 0.5) is 19.3 Å². The lowest BCUT2D eigenvalue weighted by Crippen LogP contribution is -2.60. The van der Waals surface area contributed by atoms with Gasteiger partial charge in [0.1, 0.15) is 0 Å². The molecule has 0 atom stereocenters. The van der Waals surface area contributed by atoms with Crippen LogP contribution in [0.25, 0.3) is 0 Å². The largest absolute Gasteiger partial charge is 0.491 e. The van der Waals surface area contributed by atoms with Gasteiger partial charge in [0.25, 0.3) is 0 Å². The zero-order chi connectivity index (χ0) is 14.9. The van der Waals surface area contributed by atoms with Crippen LogP contribution in [0.15, 0.2) is 12.1 Å². The first-order chi connectivity index (χ1) is 9.42. The summed E-state index contributed by atoms with van der Waals surface area (Å²) in [5.41, 5.74) is 0.0686. The minimum atomic E-state index is -0.849. The summed E-state index contributed by atoms with van der Waals surface area (Å²) in [5, 5.41) is 2.47. The summed E-state index contributed by atoms with van der Waals surface area (Å²) in [5.74, 6) is -2.16. The van der Waals surface area contributed by atoms with Gasteiger partial charge in [0.2, 0.25) is 0 Å². The molecule has 0 aliphatic carbocycles. The van der Waals surface area contributed by atoms with Crippen molar-refractivity contribution < 1.29 is 18.3 Å². The fourth-order valence-electron chi connectivity index (χ4n) is 1.98. The Kier molecular flexibility index (Phi) is 4.08. The van der Waals surface area contributed by atoms with Crippen LogP contribution in [0, 0.1) is 11.6 Å². The average Bonchev–Trinajstić information content (AvgIpc) is 2.25. The van der Waals surface area contributed by atoms with Crippen LogP contribution in [-0.2, 0) is 0 Å². The second-order valence-electron chi connectivity index (χ2n) is 4.93. The number of urea groups is 1. The third kappa shape index (κ3) is 2.82. The fraction of sp³-hybridized carbons (Fsp3) is 0.462. The van der Waals surface area contributed by atoms with Crippen molar-refractivity contribution in [3.8, 4) is 5.75 Å². The predicted octanol–water partition coefficient (Wildman–Crippen LogP) is 1.75. The van der Waals surface area contributed by atoms with Crippen molar-refractivity contribution in [1.82, 2.24) is 9.80 Å². The van der Waals surface area contributed by atoms with Gasteiger partial charge in [0, 0.05) is 37.0 Å². The molecule has 110 valence electrons. The second-order valence-corrected chi connectivity index (χ2v) is 4.93. The van der Waals surface area contributed by atoms with E-state index in [9.17, 15) is 13.6 Å². The molecule has 7 heteroatoms. The molecule has 1 aromatic carbocycles. The molecule has 0 radical (unpaired) electrons. The van der Waals surface area contributed by atoms with E-state index < -0.39 is 17.4 Å². The molecule has 0 saturated carbocycles. The summed E-state index contributed by atoms with van der Waals surface area (Å²) >= 11 is 0. The Bertz CT molecular complexity index is 493. The molecule has 2 amide bonds. The van der Waals surface area contributed by atoms with Crippen LogP contribution in [0.2, 0.25) is 0 Å². The Balaban J connectivity index is 1.99. The summed E-state index contributed by atoms with van der Waals surface area (Å²) in [7, 11) is 5.06. The van der Waals surface area contributed by atoms with E-state index in [2.05, 4.69) is 10.1 Å². The monoisotopic (exact) mass is 285 g/mol. The van der Waals surface area contributed by atoms with Crippen LogP contribution in [0.3, 0.4) is 0 Å². The van der Waals surface area contributed by atoms with Crippen molar-refractivity contribution in [3.05, 3.63) is 23.8 Å². The van der Waals surface area contributed by atoms with Crippen molar-refractivity contribution >= 4 is 11.7 Å². The Morgan fingerprint density at radius 1 is 1.35 bits per heavy atom. The lowest BCUT2D eigenvalue weighted by molar-refractivity contribution is 0.0942. The highest BCUT2D eigenvalue weighted by atomic mass is 19.1. The Labute approximate surface area is 116 Å². The molecule has 2 rings (SSSR count). The molecule has 0 bridgehead atoms. The van der Waals surface area contributed by atoms with Gasteiger partial charge >= 0.3 is 6.03 Å². The van der Waals surface area contributed by atoms with Crippen LogP contribution in [0.1, 0.15) is 0 Å². The Morgan fingerprint density at radius 3 is 2.35 bits per heavy atom. The maximum Gasteiger partial charge on any atom is 0.321 e. The van der Waals surface area contributed by atoms with Gasteiger partial charge < -0.3 is 19.9 Å². The number of ether oxygens (including phenoxy) is 1. The molecule has 0 spiro atoms. The highest BCUT2D eigenvalue weighted by molar-refractivity contribution is 5.90. The fourth-order valence-corrected chi connectivity index (χ4v) is 1.98. The van der Waals surface area contributed by atoms with E-state index in [-0.39, 0.29) is 11.7 Å². The van der Waals surface area contributed by atoms with E-state index in [0.29, 0.717) is 19.1 Å². The number of nitrogens with zero attached hydrogens (tertiary/aromatic N) is 2. The van der Waals surface area contributed by atoms with Gasteiger partial charge in [-0.25, -0.2) is 13.6 Å². The standard InChI is InChI=1S/C13H17F2N3O2/c1-17(2)9-6-18(7-9)13(19)16-8-4-10(14)12(20-3)11(15)5-8/h4-5,9H,6-7H2,1-3H3,(H,16,19). The van der Waals surface area contributed by atoms with Crippen LogP contribution >= 0.6 is 0 Å². The molecule has 1 saturated heterocycles. The summed E-state index contributed by atoms with van der Waals surface area (Å²) < 4.78 is 31.6. The quantitative estimate of drug-likeness (QED) is 0.920. The van der Waals surface area contributed by atoms with E-state index >= 15 is 0 Å². The van der Waals surface area contributed by atoms with Crippen molar-refractivity contribution in [2.24, 2.45) is 0 Å². The van der Waals surface area contributed by atoms with E-state index in [1.165, 1.54) is 7.11 Å². The Morgan fingerprint density at radius 2 is 1.90 bits per heavy atom. The number of rotatable bonds is 3. The molecule has 1 N–H and O–H groups in total. The third-order valence-corrected chi connectivity index (χ3v) is 3.33. The number of hydrogen-bond donors (Lipinski definition) is 1. The molecule has 1 aliphatic rings. The van der Waals surface area contributed by atoms with Crippen LogP contribution < -0.4 is 10.1 Å². The highest BCUT2D eigenvalue weighted by Gasteiger charge is 2.32. The molecule has 1 aromatic rings. The molecule has 0 aromatic heterocycles. The number of amides is 2. The zero-order valence-electron chi connectivity index (χ0n) is 11.6. The van der Waals surface area contributed by atoms with Crippen molar-refractivity contribution in [3.63, 3.8) is 0 Å². The van der Waals surface area contributed by atoms with Gasteiger partial charge in [0.05, 0.1) is 7.11 Å². The van der Waals surface area contributed by atoms with Crippen molar-refractivity contribution in [2.75, 3.05) is 39.6 Å². The van der Waals surface area contributed by atoms with Crippen LogP contribution in [-0.4, -0.2) is 56.2 Å². The minimum absolute atomic E-state index is 0.0686. The zero-order valence-corrected chi connectivity index (χ0v) is 11.6.